The number of pyridine rings is 1. The van der Waals surface area contributed by atoms with Crippen molar-refractivity contribution in [2.75, 3.05) is 37.7 Å². The number of alkyl halides is 3. The first-order valence-corrected chi connectivity index (χ1v) is 11.2. The zero-order valence-corrected chi connectivity index (χ0v) is 19.2. The first-order chi connectivity index (χ1) is 16.8. The van der Waals surface area contributed by atoms with E-state index in [0.717, 1.165) is 57.1 Å². The fourth-order valence-corrected chi connectivity index (χ4v) is 4.09. The molecule has 3 aromatic heterocycles. The molecule has 0 radical (unpaired) electrons. The number of nitrogens with two attached hydrogens (primary N) is 1. The lowest BCUT2D eigenvalue weighted by atomic mass is 10.1. The molecule has 2 saturated heterocycles. The second kappa shape index (κ2) is 10.4. The first kappa shape index (κ1) is 24.6. The van der Waals surface area contributed by atoms with Gasteiger partial charge in [-0.1, -0.05) is 0 Å². The first-order valence-electron chi connectivity index (χ1n) is 11.2. The van der Waals surface area contributed by atoms with Gasteiger partial charge >= 0.3 is 6.18 Å². The Morgan fingerprint density at radius 2 is 1.97 bits per heavy atom. The number of fused-ring (bicyclic) bond motifs is 1. The summed E-state index contributed by atoms with van der Waals surface area (Å²) in [6.45, 7) is 6.38. The van der Waals surface area contributed by atoms with Crippen molar-refractivity contribution >= 4 is 17.7 Å². The highest BCUT2D eigenvalue weighted by Gasteiger charge is 2.33. The Labute approximate surface area is 200 Å². The zero-order valence-electron chi connectivity index (χ0n) is 19.2. The summed E-state index contributed by atoms with van der Waals surface area (Å²) in [6.07, 6.45) is 3.64. The van der Waals surface area contributed by atoms with Crippen LogP contribution in [0.4, 0.5) is 19.0 Å². The lowest BCUT2D eigenvalue weighted by molar-refractivity contribution is -0.137. The van der Waals surface area contributed by atoms with E-state index >= 15 is 0 Å². The van der Waals surface area contributed by atoms with Crippen molar-refractivity contribution in [2.45, 2.75) is 25.2 Å². The maximum atomic E-state index is 13.1. The van der Waals surface area contributed by atoms with E-state index in [4.69, 9.17) is 15.9 Å². The van der Waals surface area contributed by atoms with E-state index in [1.165, 1.54) is 28.9 Å². The Morgan fingerprint density at radius 3 is 2.57 bits per heavy atom. The standard InChI is InChI=1S/C20H21F3N6O.C3H6N2/c1-13-9-27(15-11-30-12-15)6-7-28(13)18-4-5-24-19(26-18)16-8-25-17-3-2-14(10-29(16)17)20(21,22)23;4-2-1-3-5/h2-5,8,10,13,15H,6-7,9,11-12H2,1H3;1-4H,5H2/b;3-1-,4-2?. The molecule has 0 aliphatic carbocycles. The van der Waals surface area contributed by atoms with Crippen molar-refractivity contribution in [2.24, 2.45) is 5.73 Å². The number of hydrogen-bond donors (Lipinski definition) is 2. The number of allylic oxidation sites excluding steroid dienone is 1. The summed E-state index contributed by atoms with van der Waals surface area (Å²) in [7, 11) is 0. The van der Waals surface area contributed by atoms with E-state index in [9.17, 15) is 13.2 Å². The van der Waals surface area contributed by atoms with Gasteiger partial charge in [0.25, 0.3) is 0 Å². The van der Waals surface area contributed by atoms with E-state index < -0.39 is 11.7 Å². The van der Waals surface area contributed by atoms with Gasteiger partial charge in [0.05, 0.1) is 31.0 Å². The van der Waals surface area contributed by atoms with Crippen LogP contribution in [-0.2, 0) is 10.9 Å². The van der Waals surface area contributed by atoms with Crippen LogP contribution in [0, 0.1) is 5.41 Å². The monoisotopic (exact) mass is 488 g/mol. The molecule has 5 heterocycles. The van der Waals surface area contributed by atoms with Crippen molar-refractivity contribution in [3.63, 3.8) is 0 Å². The summed E-state index contributed by atoms with van der Waals surface area (Å²) in [5.41, 5.74) is 4.91. The molecule has 1 atom stereocenters. The normalized spacial score (nSPS) is 19.4. The molecule has 0 saturated carbocycles. The molecule has 0 aromatic carbocycles. The summed E-state index contributed by atoms with van der Waals surface area (Å²) in [5, 5.41) is 6.31. The molecule has 35 heavy (non-hydrogen) atoms. The second-order valence-corrected chi connectivity index (χ2v) is 8.31. The molecule has 1 unspecified atom stereocenters. The molecule has 3 N–H and O–H groups in total. The summed E-state index contributed by atoms with van der Waals surface area (Å²) in [6, 6.07) is 4.96. The van der Waals surface area contributed by atoms with Crippen molar-refractivity contribution in [1.29, 1.82) is 5.41 Å². The zero-order chi connectivity index (χ0) is 25.0. The molecule has 2 aliphatic heterocycles. The third-order valence-electron chi connectivity index (χ3n) is 6.00. The number of ether oxygens (including phenoxy) is 1. The van der Waals surface area contributed by atoms with Crippen LogP contribution >= 0.6 is 0 Å². The average molecular weight is 489 g/mol. The molecular weight excluding hydrogens is 461 g/mol. The maximum Gasteiger partial charge on any atom is 0.417 e. The van der Waals surface area contributed by atoms with E-state index in [1.807, 2.05) is 6.07 Å². The van der Waals surface area contributed by atoms with Gasteiger partial charge in [-0.2, -0.15) is 13.2 Å². The van der Waals surface area contributed by atoms with Crippen molar-refractivity contribution < 1.29 is 17.9 Å². The maximum absolute atomic E-state index is 13.1. The van der Waals surface area contributed by atoms with E-state index in [-0.39, 0.29) is 6.04 Å². The van der Waals surface area contributed by atoms with Gasteiger partial charge in [0.1, 0.15) is 17.2 Å². The highest BCUT2D eigenvalue weighted by Crippen LogP contribution is 2.31. The summed E-state index contributed by atoms with van der Waals surface area (Å²) in [4.78, 5) is 17.8. The average Bonchev–Trinajstić information content (AvgIpc) is 3.22. The molecule has 5 rings (SSSR count). The van der Waals surface area contributed by atoms with Crippen LogP contribution in [0.1, 0.15) is 12.5 Å². The number of rotatable bonds is 4. The summed E-state index contributed by atoms with van der Waals surface area (Å²) >= 11 is 0. The Hall–Kier alpha value is -3.51. The van der Waals surface area contributed by atoms with Crippen LogP contribution in [-0.4, -0.2) is 75.4 Å². The van der Waals surface area contributed by atoms with E-state index in [1.54, 1.807) is 6.20 Å². The summed E-state index contributed by atoms with van der Waals surface area (Å²) in [5.74, 6) is 1.11. The van der Waals surface area contributed by atoms with Crippen LogP contribution in [0.15, 0.2) is 49.1 Å². The minimum atomic E-state index is -4.43. The van der Waals surface area contributed by atoms with Gasteiger partial charge in [0.2, 0.25) is 0 Å². The number of nitrogens with zero attached hydrogens (tertiary/aromatic N) is 6. The molecule has 12 heteroatoms. The third kappa shape index (κ3) is 5.43. The highest BCUT2D eigenvalue weighted by atomic mass is 19.4. The van der Waals surface area contributed by atoms with Crippen molar-refractivity contribution in [1.82, 2.24) is 24.3 Å². The van der Waals surface area contributed by atoms with Crippen LogP contribution in [0.2, 0.25) is 0 Å². The smallest absolute Gasteiger partial charge is 0.405 e. The van der Waals surface area contributed by atoms with Crippen molar-refractivity contribution in [3.8, 4) is 11.5 Å². The number of imidazole rings is 1. The largest absolute Gasteiger partial charge is 0.417 e. The Kier molecular flexibility index (Phi) is 7.31. The lowest BCUT2D eigenvalue weighted by Crippen LogP contribution is -2.59. The number of aromatic nitrogens is 4. The van der Waals surface area contributed by atoms with Gasteiger partial charge in [0, 0.05) is 44.3 Å². The molecule has 0 bridgehead atoms. The molecule has 9 nitrogen and oxygen atoms in total. The van der Waals surface area contributed by atoms with Gasteiger partial charge in [-0.15, -0.1) is 0 Å². The van der Waals surface area contributed by atoms with Crippen LogP contribution < -0.4 is 10.6 Å². The molecule has 2 fully saturated rings. The molecule has 2 aliphatic rings. The van der Waals surface area contributed by atoms with Gasteiger partial charge in [-0.25, -0.2) is 15.0 Å². The number of hydrogen-bond acceptors (Lipinski definition) is 8. The molecule has 3 aromatic rings. The van der Waals surface area contributed by atoms with Crippen molar-refractivity contribution in [3.05, 3.63) is 54.6 Å². The van der Waals surface area contributed by atoms with Gasteiger partial charge in [-0.05, 0) is 37.4 Å². The fraction of sp³-hybridized carbons (Fsp3) is 0.391. The van der Waals surface area contributed by atoms with Crippen LogP contribution in [0.3, 0.4) is 0 Å². The minimum absolute atomic E-state index is 0.251. The Morgan fingerprint density at radius 1 is 1.17 bits per heavy atom. The molecule has 0 amide bonds. The predicted molar refractivity (Wildman–Crippen MR) is 126 cm³/mol. The topological polar surface area (TPSA) is 109 Å². The quantitative estimate of drug-likeness (QED) is 0.544. The Balaban J connectivity index is 0.000000527. The van der Waals surface area contributed by atoms with Crippen LogP contribution in [0.25, 0.3) is 17.2 Å². The summed E-state index contributed by atoms with van der Waals surface area (Å²) < 4.78 is 46.1. The number of nitrogens with one attached hydrogen (secondary N) is 1. The second-order valence-electron chi connectivity index (χ2n) is 8.31. The minimum Gasteiger partial charge on any atom is -0.405 e. The van der Waals surface area contributed by atoms with Crippen LogP contribution in [0.5, 0.6) is 0 Å². The fourth-order valence-electron chi connectivity index (χ4n) is 4.09. The molecular formula is C23H27F3N8O. The van der Waals surface area contributed by atoms with Gasteiger partial charge in [-0.3, -0.25) is 9.30 Å². The predicted octanol–water partition coefficient (Wildman–Crippen LogP) is 2.83. The van der Waals surface area contributed by atoms with Gasteiger partial charge < -0.3 is 20.8 Å². The number of piperazine rings is 1. The highest BCUT2D eigenvalue weighted by molar-refractivity contribution is 5.67. The number of halogens is 3. The SMILES string of the molecule is CC1CN(C2COC2)CCN1c1ccnc(-c2cnc3ccc(C(F)(F)F)cn23)n1.N=C/C=C\N. The Bertz CT molecular complexity index is 1190. The molecule has 0 spiro atoms. The van der Waals surface area contributed by atoms with E-state index in [0.29, 0.717) is 23.2 Å². The third-order valence-corrected chi connectivity index (χ3v) is 6.00. The number of anilines is 1. The lowest BCUT2D eigenvalue weighted by Gasteiger charge is -2.46. The van der Waals surface area contributed by atoms with E-state index in [2.05, 4.69) is 31.7 Å². The molecule has 186 valence electrons. The van der Waals surface area contributed by atoms with Gasteiger partial charge in [0.15, 0.2) is 5.82 Å².